The van der Waals surface area contributed by atoms with Crippen LogP contribution in [0.5, 0.6) is 5.75 Å². The molecule has 0 saturated heterocycles. The van der Waals surface area contributed by atoms with Crippen LogP contribution >= 0.6 is 12.2 Å². The summed E-state index contributed by atoms with van der Waals surface area (Å²) in [5, 5.41) is 2.34. The minimum absolute atomic E-state index is 0.0388. The Balaban J connectivity index is 1.41. The van der Waals surface area contributed by atoms with Gasteiger partial charge in [0, 0.05) is 0 Å². The van der Waals surface area contributed by atoms with E-state index in [0.717, 1.165) is 42.2 Å². The summed E-state index contributed by atoms with van der Waals surface area (Å²) < 4.78 is 5.62. The molecule has 1 atom stereocenters. The van der Waals surface area contributed by atoms with Gasteiger partial charge in [0.2, 0.25) is 0 Å². The average Bonchev–Trinajstić information content (AvgIpc) is 2.79. The number of nitrogens with zero attached hydrogens (tertiary/aromatic N) is 1. The van der Waals surface area contributed by atoms with Crippen LogP contribution in [0.1, 0.15) is 84.5 Å². The fourth-order valence-electron chi connectivity index (χ4n) is 5.60. The number of hydrogen-bond acceptors (Lipinski definition) is 4. The van der Waals surface area contributed by atoms with E-state index in [4.69, 9.17) is 4.74 Å². The number of ether oxygens (including phenoxy) is 1. The minimum atomic E-state index is -0.0800. The van der Waals surface area contributed by atoms with Gasteiger partial charge in [0.25, 0.3) is 0 Å². The molecule has 0 amide bonds. The maximum absolute atomic E-state index is 12.6. The van der Waals surface area contributed by atoms with E-state index in [0.29, 0.717) is 5.75 Å². The van der Waals surface area contributed by atoms with Gasteiger partial charge in [-0.1, -0.05) is 46.0 Å². The van der Waals surface area contributed by atoms with Crippen LogP contribution in [0.25, 0.3) is 0 Å². The van der Waals surface area contributed by atoms with Gasteiger partial charge in [0.15, 0.2) is 0 Å². The Hall–Kier alpha value is -1.51. The van der Waals surface area contributed by atoms with E-state index in [1.807, 2.05) is 0 Å². The van der Waals surface area contributed by atoms with Crippen LogP contribution < -0.4 is 4.74 Å². The molecule has 3 rings (SSSR count). The van der Waals surface area contributed by atoms with Gasteiger partial charge in [-0.3, -0.25) is 4.79 Å². The predicted molar refractivity (Wildman–Crippen MR) is 126 cm³/mol. The third kappa shape index (κ3) is 6.49. The van der Waals surface area contributed by atoms with E-state index >= 15 is 0 Å². The normalized spacial score (nSPS) is 27.7. The minimum Gasteiger partial charge on any atom is -0.426 e. The molecular formula is C26H37NO2S. The molecule has 1 aromatic rings. The summed E-state index contributed by atoms with van der Waals surface area (Å²) in [6.45, 7) is 4.78. The monoisotopic (exact) mass is 427 g/mol. The molecule has 0 radical (unpaired) electrons. The maximum atomic E-state index is 12.6. The number of esters is 1. The molecule has 1 aromatic carbocycles. The Morgan fingerprint density at radius 1 is 1.07 bits per heavy atom. The van der Waals surface area contributed by atoms with Crippen LogP contribution in [-0.4, -0.2) is 11.1 Å². The molecule has 30 heavy (non-hydrogen) atoms. The highest BCUT2D eigenvalue weighted by Gasteiger charge is 2.34. The summed E-state index contributed by atoms with van der Waals surface area (Å²) in [5.74, 6) is 3.99. The number of isothiocyanates is 1. The van der Waals surface area contributed by atoms with Gasteiger partial charge >= 0.3 is 5.97 Å². The van der Waals surface area contributed by atoms with Crippen molar-refractivity contribution in [2.24, 2.45) is 34.6 Å². The fraction of sp³-hybridized carbons (Fsp3) is 0.692. The van der Waals surface area contributed by atoms with Crippen molar-refractivity contribution in [1.29, 1.82) is 0 Å². The molecule has 0 aliphatic heterocycles. The summed E-state index contributed by atoms with van der Waals surface area (Å²) in [5.41, 5.74) is 0.721. The van der Waals surface area contributed by atoms with Gasteiger partial charge < -0.3 is 4.74 Å². The van der Waals surface area contributed by atoms with Gasteiger partial charge in [0.05, 0.1) is 16.8 Å². The first-order valence-electron chi connectivity index (χ1n) is 12.0. The van der Waals surface area contributed by atoms with Crippen LogP contribution in [-0.2, 0) is 4.79 Å². The second-order valence-electron chi connectivity index (χ2n) is 9.51. The summed E-state index contributed by atoms with van der Waals surface area (Å²) in [4.78, 5) is 16.5. The molecule has 0 bridgehead atoms. The van der Waals surface area contributed by atoms with Crippen molar-refractivity contribution in [1.82, 2.24) is 0 Å². The first-order valence-corrected chi connectivity index (χ1v) is 12.4. The van der Waals surface area contributed by atoms with Crippen molar-refractivity contribution in [3.05, 3.63) is 24.3 Å². The average molecular weight is 428 g/mol. The molecule has 2 fully saturated rings. The molecule has 1 unspecified atom stereocenters. The number of rotatable bonds is 8. The van der Waals surface area contributed by atoms with Crippen molar-refractivity contribution in [2.45, 2.75) is 84.5 Å². The quantitative estimate of drug-likeness (QED) is 0.184. The van der Waals surface area contributed by atoms with Gasteiger partial charge in [-0.2, -0.15) is 4.99 Å². The Bertz CT molecular complexity index is 709. The lowest BCUT2D eigenvalue weighted by molar-refractivity contribution is -0.140. The fourth-order valence-corrected chi connectivity index (χ4v) is 5.71. The van der Waals surface area contributed by atoms with Gasteiger partial charge in [0.1, 0.15) is 5.75 Å². The zero-order valence-electron chi connectivity index (χ0n) is 18.6. The van der Waals surface area contributed by atoms with Crippen molar-refractivity contribution in [2.75, 3.05) is 0 Å². The third-order valence-electron chi connectivity index (χ3n) is 7.68. The SMILES string of the molecule is CCCCC1CCC(C(C)C2CCC(C(=O)Oc3ccc(N=C=S)cc3)CC2)CC1. The van der Waals surface area contributed by atoms with Crippen LogP contribution in [0.2, 0.25) is 0 Å². The largest absolute Gasteiger partial charge is 0.426 e. The van der Waals surface area contributed by atoms with E-state index < -0.39 is 0 Å². The smallest absolute Gasteiger partial charge is 0.314 e. The molecule has 164 valence electrons. The topological polar surface area (TPSA) is 38.7 Å². The van der Waals surface area contributed by atoms with Crippen LogP contribution in [0, 0.1) is 29.6 Å². The van der Waals surface area contributed by atoms with Crippen LogP contribution in [0.4, 0.5) is 5.69 Å². The highest BCUT2D eigenvalue weighted by Crippen LogP contribution is 2.43. The summed E-state index contributed by atoms with van der Waals surface area (Å²) >= 11 is 4.61. The first-order chi connectivity index (χ1) is 14.6. The summed E-state index contributed by atoms with van der Waals surface area (Å²) in [6, 6.07) is 7.12. The van der Waals surface area contributed by atoms with Gasteiger partial charge in [-0.25, -0.2) is 0 Å². The molecule has 2 saturated carbocycles. The number of unbranched alkanes of at least 4 members (excludes halogenated alkanes) is 1. The Labute approximate surface area is 187 Å². The van der Waals surface area contributed by atoms with E-state index in [-0.39, 0.29) is 11.9 Å². The lowest BCUT2D eigenvalue weighted by Crippen LogP contribution is -2.31. The maximum Gasteiger partial charge on any atom is 0.314 e. The van der Waals surface area contributed by atoms with Crippen molar-refractivity contribution < 1.29 is 9.53 Å². The molecule has 0 N–H and O–H groups in total. The second kappa shape index (κ2) is 11.8. The number of thiocarbonyl (C=S) groups is 1. The van der Waals surface area contributed by atoms with E-state index in [2.05, 4.69) is 36.2 Å². The molecule has 4 heteroatoms. The van der Waals surface area contributed by atoms with E-state index in [1.165, 1.54) is 57.8 Å². The van der Waals surface area contributed by atoms with Gasteiger partial charge in [-0.15, -0.1) is 0 Å². The van der Waals surface area contributed by atoms with E-state index in [9.17, 15) is 4.79 Å². The number of carbonyl (C=O) groups is 1. The van der Waals surface area contributed by atoms with Crippen molar-refractivity contribution in [3.63, 3.8) is 0 Å². The molecule has 0 aromatic heterocycles. The Kier molecular flexibility index (Phi) is 9.08. The number of hydrogen-bond donors (Lipinski definition) is 0. The van der Waals surface area contributed by atoms with Gasteiger partial charge in [-0.05, 0) is 98.7 Å². The van der Waals surface area contributed by atoms with Crippen molar-refractivity contribution >= 4 is 29.0 Å². The number of aliphatic imine (C=N–C) groups is 1. The molecule has 2 aliphatic rings. The Morgan fingerprint density at radius 3 is 2.23 bits per heavy atom. The van der Waals surface area contributed by atoms with Crippen molar-refractivity contribution in [3.8, 4) is 5.75 Å². The molecule has 3 nitrogen and oxygen atoms in total. The second-order valence-corrected chi connectivity index (χ2v) is 9.69. The lowest BCUT2D eigenvalue weighted by atomic mass is 9.67. The standard InChI is InChI=1S/C26H37NO2S/c1-3-4-5-20-6-8-21(9-7-20)19(2)22-10-12-23(13-11-22)26(28)29-25-16-14-24(15-17-25)27-18-30/h14-17,19-23H,3-13H2,1-2H3. The van der Waals surface area contributed by atoms with Crippen LogP contribution in [0.3, 0.4) is 0 Å². The molecular weight excluding hydrogens is 390 g/mol. The molecule has 0 heterocycles. The predicted octanol–water partition coefficient (Wildman–Crippen LogP) is 7.77. The lowest BCUT2D eigenvalue weighted by Gasteiger charge is -2.38. The summed E-state index contributed by atoms with van der Waals surface area (Å²) in [6.07, 6.45) is 14.1. The first kappa shape index (κ1) is 23.2. The highest BCUT2D eigenvalue weighted by atomic mass is 32.1. The Morgan fingerprint density at radius 2 is 1.67 bits per heavy atom. The van der Waals surface area contributed by atoms with E-state index in [1.54, 1.807) is 24.3 Å². The zero-order chi connectivity index (χ0) is 21.3. The third-order valence-corrected chi connectivity index (χ3v) is 7.77. The highest BCUT2D eigenvalue weighted by molar-refractivity contribution is 7.78. The van der Waals surface area contributed by atoms with Crippen LogP contribution in [0.15, 0.2) is 29.3 Å². The number of benzene rings is 1. The number of carbonyl (C=O) groups excluding carboxylic acids is 1. The zero-order valence-corrected chi connectivity index (χ0v) is 19.5. The molecule has 2 aliphatic carbocycles. The molecule has 0 spiro atoms. The summed E-state index contributed by atoms with van der Waals surface area (Å²) in [7, 11) is 0.